The van der Waals surface area contributed by atoms with Crippen LogP contribution in [0.4, 0.5) is 0 Å². The van der Waals surface area contributed by atoms with Crippen LogP contribution >= 0.6 is 0 Å². The van der Waals surface area contributed by atoms with Crippen LogP contribution in [0.15, 0.2) is 49.1 Å². The summed E-state index contributed by atoms with van der Waals surface area (Å²) in [4.78, 5) is 15.4. The number of carbonyl (C=O) groups is 1. The van der Waals surface area contributed by atoms with Crippen molar-refractivity contribution in [3.05, 3.63) is 49.1 Å². The first-order valence-electron chi connectivity index (χ1n) is 8.68. The lowest BCUT2D eigenvalue weighted by Crippen LogP contribution is -2.27. The minimum Gasteiger partial charge on any atom is -0.491 e. The molecule has 0 bridgehead atoms. The molecule has 0 radical (unpaired) electrons. The van der Waals surface area contributed by atoms with Gasteiger partial charge in [-0.15, -0.1) is 0 Å². The molecule has 1 aromatic carbocycles. The van der Waals surface area contributed by atoms with Crippen molar-refractivity contribution >= 4 is 5.97 Å². The quantitative estimate of drug-likeness (QED) is 0.436. The van der Waals surface area contributed by atoms with Gasteiger partial charge in [0.05, 0.1) is 19.5 Å². The summed E-state index contributed by atoms with van der Waals surface area (Å²) in [6.45, 7) is 3.95. The fourth-order valence-electron chi connectivity index (χ4n) is 2.34. The number of hydrogen-bond acceptors (Lipinski definition) is 5. The number of aromatic nitrogens is 2. The Labute approximate surface area is 148 Å². The van der Waals surface area contributed by atoms with Crippen LogP contribution < -0.4 is 4.74 Å². The van der Waals surface area contributed by atoms with Gasteiger partial charge in [-0.1, -0.05) is 18.2 Å². The first-order chi connectivity index (χ1) is 12.3. The largest absolute Gasteiger partial charge is 0.491 e. The van der Waals surface area contributed by atoms with Crippen molar-refractivity contribution in [1.29, 1.82) is 0 Å². The second-order valence-corrected chi connectivity index (χ2v) is 5.64. The highest BCUT2D eigenvalue weighted by atomic mass is 16.5. The molecule has 0 amide bonds. The van der Waals surface area contributed by atoms with Crippen molar-refractivity contribution in [3.63, 3.8) is 0 Å². The summed E-state index contributed by atoms with van der Waals surface area (Å²) >= 11 is 0. The molecule has 0 aliphatic carbocycles. The van der Waals surface area contributed by atoms with Crippen molar-refractivity contribution in [1.82, 2.24) is 9.55 Å². The van der Waals surface area contributed by atoms with E-state index in [0.29, 0.717) is 32.8 Å². The van der Waals surface area contributed by atoms with Crippen molar-refractivity contribution in [2.45, 2.75) is 38.8 Å². The lowest BCUT2D eigenvalue weighted by Gasteiger charge is -2.19. The molecule has 2 aromatic rings. The Balaban J connectivity index is 1.73. The average molecular weight is 346 g/mol. The van der Waals surface area contributed by atoms with E-state index in [1.807, 2.05) is 48.0 Å². The predicted molar refractivity (Wildman–Crippen MR) is 94.4 cm³/mol. The molecule has 1 unspecified atom stereocenters. The summed E-state index contributed by atoms with van der Waals surface area (Å²) in [5.74, 6) is 0.675. The molecule has 0 saturated carbocycles. The van der Waals surface area contributed by atoms with Crippen LogP contribution in [0, 0.1) is 0 Å². The van der Waals surface area contributed by atoms with E-state index in [4.69, 9.17) is 14.2 Å². The van der Waals surface area contributed by atoms with Crippen LogP contribution in [0.5, 0.6) is 5.75 Å². The molecule has 6 nitrogen and oxygen atoms in total. The first-order valence-corrected chi connectivity index (χ1v) is 8.68. The monoisotopic (exact) mass is 346 g/mol. The smallest absolute Gasteiger partial charge is 0.305 e. The molecule has 1 atom stereocenters. The van der Waals surface area contributed by atoms with Gasteiger partial charge in [-0.3, -0.25) is 4.79 Å². The Bertz CT molecular complexity index is 587. The molecule has 136 valence electrons. The van der Waals surface area contributed by atoms with Gasteiger partial charge in [0.25, 0.3) is 0 Å². The highest BCUT2D eigenvalue weighted by Gasteiger charge is 2.12. The van der Waals surface area contributed by atoms with Gasteiger partial charge in [0.15, 0.2) is 0 Å². The number of unbranched alkanes of at least 4 members (excludes halogenated alkanes) is 1. The molecular weight excluding hydrogens is 320 g/mol. The Kier molecular flexibility index (Phi) is 8.55. The summed E-state index contributed by atoms with van der Waals surface area (Å²) in [5, 5.41) is 0. The maximum atomic E-state index is 11.3. The fourth-order valence-corrected chi connectivity index (χ4v) is 2.34. The zero-order chi connectivity index (χ0) is 17.7. The van der Waals surface area contributed by atoms with E-state index in [9.17, 15) is 4.79 Å². The summed E-state index contributed by atoms with van der Waals surface area (Å²) in [6.07, 6.45) is 7.33. The maximum absolute atomic E-state index is 11.3. The Morgan fingerprint density at radius 1 is 1.24 bits per heavy atom. The van der Waals surface area contributed by atoms with Crippen molar-refractivity contribution < 1.29 is 19.0 Å². The molecule has 0 N–H and O–H groups in total. The van der Waals surface area contributed by atoms with Crippen LogP contribution in [0.3, 0.4) is 0 Å². The Morgan fingerprint density at radius 3 is 2.80 bits per heavy atom. The number of hydrogen-bond donors (Lipinski definition) is 0. The number of ether oxygens (including phenoxy) is 3. The number of imidazole rings is 1. The highest BCUT2D eigenvalue weighted by molar-refractivity contribution is 5.69. The fraction of sp³-hybridized carbons (Fsp3) is 0.474. The van der Waals surface area contributed by atoms with Crippen LogP contribution in [0.2, 0.25) is 0 Å². The van der Waals surface area contributed by atoms with Gasteiger partial charge < -0.3 is 18.8 Å². The molecular formula is C19H26N2O4. The maximum Gasteiger partial charge on any atom is 0.305 e. The zero-order valence-electron chi connectivity index (χ0n) is 14.7. The van der Waals surface area contributed by atoms with E-state index in [0.717, 1.165) is 18.6 Å². The number of benzene rings is 1. The van der Waals surface area contributed by atoms with E-state index >= 15 is 0 Å². The van der Waals surface area contributed by atoms with E-state index in [1.165, 1.54) is 0 Å². The van der Waals surface area contributed by atoms with Crippen LogP contribution in [0.1, 0.15) is 26.2 Å². The summed E-state index contributed by atoms with van der Waals surface area (Å²) in [7, 11) is 0. The van der Waals surface area contributed by atoms with E-state index in [-0.39, 0.29) is 12.1 Å². The molecule has 0 spiro atoms. The summed E-state index contributed by atoms with van der Waals surface area (Å²) < 4.78 is 18.7. The van der Waals surface area contributed by atoms with Gasteiger partial charge in [0.2, 0.25) is 0 Å². The molecule has 2 rings (SSSR count). The number of rotatable bonds is 12. The molecule has 0 saturated heterocycles. The summed E-state index contributed by atoms with van der Waals surface area (Å²) in [6, 6.07) is 9.68. The molecule has 0 aliphatic rings. The molecule has 0 aliphatic heterocycles. The molecule has 1 heterocycles. The van der Waals surface area contributed by atoms with Crippen molar-refractivity contribution in [2.24, 2.45) is 0 Å². The molecule has 6 heteroatoms. The van der Waals surface area contributed by atoms with E-state index in [1.54, 1.807) is 12.5 Å². The van der Waals surface area contributed by atoms with Crippen LogP contribution in [-0.4, -0.2) is 41.4 Å². The van der Waals surface area contributed by atoms with Gasteiger partial charge in [0, 0.05) is 25.4 Å². The van der Waals surface area contributed by atoms with Crippen LogP contribution in [0.25, 0.3) is 0 Å². The van der Waals surface area contributed by atoms with E-state index < -0.39 is 0 Å². The van der Waals surface area contributed by atoms with Gasteiger partial charge >= 0.3 is 5.97 Å². The third kappa shape index (κ3) is 7.85. The van der Waals surface area contributed by atoms with Crippen LogP contribution in [-0.2, 0) is 20.8 Å². The van der Waals surface area contributed by atoms with E-state index in [2.05, 4.69) is 4.98 Å². The average Bonchev–Trinajstić information content (AvgIpc) is 3.13. The third-order valence-corrected chi connectivity index (χ3v) is 3.59. The minimum atomic E-state index is -0.148. The number of para-hydroxylation sites is 1. The normalized spacial score (nSPS) is 11.9. The highest BCUT2D eigenvalue weighted by Crippen LogP contribution is 2.10. The Morgan fingerprint density at radius 2 is 2.08 bits per heavy atom. The second-order valence-electron chi connectivity index (χ2n) is 5.64. The lowest BCUT2D eigenvalue weighted by molar-refractivity contribution is -0.143. The van der Waals surface area contributed by atoms with Gasteiger partial charge in [-0.25, -0.2) is 4.98 Å². The summed E-state index contributed by atoms with van der Waals surface area (Å²) in [5.41, 5.74) is 0. The zero-order valence-corrected chi connectivity index (χ0v) is 14.7. The molecule has 1 aromatic heterocycles. The number of esters is 1. The van der Waals surface area contributed by atoms with Crippen molar-refractivity contribution in [2.75, 3.05) is 19.8 Å². The van der Waals surface area contributed by atoms with Gasteiger partial charge in [0.1, 0.15) is 18.5 Å². The second kappa shape index (κ2) is 11.3. The van der Waals surface area contributed by atoms with Gasteiger partial charge in [-0.05, 0) is 31.9 Å². The Hall–Kier alpha value is -2.34. The lowest BCUT2D eigenvalue weighted by atomic mass is 10.2. The molecule has 25 heavy (non-hydrogen) atoms. The molecule has 0 fully saturated rings. The standard InChI is InChI=1S/C19H26N2O4/c1-2-23-19(22)10-6-7-13-24-18(14-21-12-11-20-16-21)15-25-17-8-4-3-5-9-17/h3-5,8-9,11-12,16,18H,2,6-7,10,13-15H2,1H3. The van der Waals surface area contributed by atoms with Gasteiger partial charge in [-0.2, -0.15) is 0 Å². The van der Waals surface area contributed by atoms with Crippen molar-refractivity contribution in [3.8, 4) is 5.75 Å². The minimum absolute atomic E-state index is 0.0861. The third-order valence-electron chi connectivity index (χ3n) is 3.59. The first kappa shape index (κ1) is 19.0. The SMILES string of the molecule is CCOC(=O)CCCCOC(COc1ccccc1)Cn1ccnc1. The number of nitrogens with zero attached hydrogens (tertiary/aromatic N) is 2. The topological polar surface area (TPSA) is 62.6 Å². The predicted octanol–water partition coefficient (Wildman–Crippen LogP) is 3.08. The number of carbonyl (C=O) groups excluding carboxylic acids is 1.